The second-order valence-electron chi connectivity index (χ2n) is 5.42. The molecule has 0 spiro atoms. The molecule has 118 valence electrons. The Morgan fingerprint density at radius 1 is 1.39 bits per heavy atom. The zero-order chi connectivity index (χ0) is 15.8. The first-order chi connectivity index (χ1) is 11.2. The molecule has 0 saturated carbocycles. The van der Waals surface area contributed by atoms with Gasteiger partial charge in [-0.2, -0.15) is 5.10 Å². The topological polar surface area (TPSA) is 80.0 Å². The molecule has 2 N–H and O–H groups in total. The summed E-state index contributed by atoms with van der Waals surface area (Å²) in [5.41, 5.74) is 3.51. The number of fused-ring (bicyclic) bond motifs is 2. The number of benzene rings is 1. The van der Waals surface area contributed by atoms with E-state index >= 15 is 0 Å². The summed E-state index contributed by atoms with van der Waals surface area (Å²) in [6.07, 6.45) is 0.782. The van der Waals surface area contributed by atoms with Crippen LogP contribution in [-0.2, 0) is 29.1 Å². The van der Waals surface area contributed by atoms with Crippen molar-refractivity contribution in [3.8, 4) is 0 Å². The molecule has 1 aliphatic heterocycles. The van der Waals surface area contributed by atoms with Crippen molar-refractivity contribution in [2.24, 2.45) is 0 Å². The van der Waals surface area contributed by atoms with Crippen LogP contribution >= 0.6 is 0 Å². The smallest absolute Gasteiger partial charge is 0.355 e. The van der Waals surface area contributed by atoms with Crippen LogP contribution in [0.4, 0.5) is 4.39 Å². The van der Waals surface area contributed by atoms with Gasteiger partial charge in [0.2, 0.25) is 0 Å². The average molecular weight is 315 g/mol. The number of ether oxygens (including phenoxy) is 2. The fourth-order valence-corrected chi connectivity index (χ4v) is 2.71. The van der Waals surface area contributed by atoms with Crippen LogP contribution in [0.25, 0.3) is 10.9 Å². The van der Waals surface area contributed by atoms with Gasteiger partial charge in [-0.05, 0) is 24.3 Å². The molecule has 23 heavy (non-hydrogen) atoms. The van der Waals surface area contributed by atoms with Gasteiger partial charge in [-0.3, -0.25) is 5.10 Å². The van der Waals surface area contributed by atoms with Crippen LogP contribution in [0.5, 0.6) is 0 Å². The van der Waals surface area contributed by atoms with Crippen molar-refractivity contribution >= 4 is 16.9 Å². The third kappa shape index (κ3) is 2.59. The molecule has 4 rings (SSSR count). The van der Waals surface area contributed by atoms with E-state index in [4.69, 9.17) is 9.47 Å². The maximum absolute atomic E-state index is 13.2. The molecule has 0 atom stereocenters. The number of aromatic nitrogens is 3. The van der Waals surface area contributed by atoms with Crippen molar-refractivity contribution in [3.63, 3.8) is 0 Å². The normalized spacial score (nSPS) is 14.0. The van der Waals surface area contributed by atoms with Crippen molar-refractivity contribution in [3.05, 3.63) is 52.7 Å². The van der Waals surface area contributed by atoms with Crippen LogP contribution in [0.1, 0.15) is 27.4 Å². The third-order valence-corrected chi connectivity index (χ3v) is 3.93. The quantitative estimate of drug-likeness (QED) is 0.728. The lowest BCUT2D eigenvalue weighted by Gasteiger charge is -2.12. The van der Waals surface area contributed by atoms with Crippen LogP contribution in [0, 0.1) is 5.82 Å². The number of esters is 1. The van der Waals surface area contributed by atoms with Crippen LogP contribution < -0.4 is 0 Å². The maximum atomic E-state index is 13.2. The molecule has 0 saturated heterocycles. The highest BCUT2D eigenvalue weighted by Crippen LogP contribution is 2.20. The van der Waals surface area contributed by atoms with E-state index in [1.165, 1.54) is 12.1 Å². The first-order valence-corrected chi connectivity index (χ1v) is 7.29. The Kier molecular flexibility index (Phi) is 3.34. The first-order valence-electron chi connectivity index (χ1n) is 7.29. The molecule has 3 aromatic rings. The summed E-state index contributed by atoms with van der Waals surface area (Å²) in [7, 11) is 0. The van der Waals surface area contributed by atoms with E-state index in [1.54, 1.807) is 12.1 Å². The fourth-order valence-electron chi connectivity index (χ4n) is 2.71. The Labute approximate surface area is 130 Å². The molecule has 6 nitrogen and oxygen atoms in total. The molecule has 0 bridgehead atoms. The predicted molar refractivity (Wildman–Crippen MR) is 79.3 cm³/mol. The number of carbonyl (C=O) groups excluding carboxylic acids is 1. The lowest BCUT2D eigenvalue weighted by Crippen LogP contribution is -2.11. The Balaban J connectivity index is 1.50. The molecule has 0 radical (unpaired) electrons. The average Bonchev–Trinajstić information content (AvgIpc) is 3.16. The van der Waals surface area contributed by atoms with E-state index in [0.717, 1.165) is 23.1 Å². The van der Waals surface area contributed by atoms with Gasteiger partial charge >= 0.3 is 5.97 Å². The summed E-state index contributed by atoms with van der Waals surface area (Å²) in [5, 5.41) is 7.88. The highest BCUT2D eigenvalue weighted by molar-refractivity contribution is 5.94. The number of rotatable bonds is 3. The van der Waals surface area contributed by atoms with Crippen molar-refractivity contribution < 1.29 is 18.7 Å². The SMILES string of the molecule is O=C(OCc1n[nH]c2c1COCC2)c1cc2ccc(F)cc2[nH]1. The lowest BCUT2D eigenvalue weighted by atomic mass is 10.1. The molecule has 0 unspecified atom stereocenters. The number of nitrogens with one attached hydrogen (secondary N) is 2. The highest BCUT2D eigenvalue weighted by Gasteiger charge is 2.19. The van der Waals surface area contributed by atoms with Crippen molar-refractivity contribution in [2.75, 3.05) is 6.61 Å². The van der Waals surface area contributed by atoms with Gasteiger partial charge in [-0.25, -0.2) is 9.18 Å². The standard InChI is InChI=1S/C16H14FN3O3/c17-10-2-1-9-5-14(18-13(9)6-10)16(21)23-8-15-11-7-22-4-3-12(11)19-20-15/h1-2,5-6,18H,3-4,7-8H2,(H,19,20). The first kappa shape index (κ1) is 14.0. The van der Waals surface area contributed by atoms with E-state index in [2.05, 4.69) is 15.2 Å². The molecule has 1 aliphatic rings. The number of H-pyrrole nitrogens is 2. The largest absolute Gasteiger partial charge is 0.454 e. The van der Waals surface area contributed by atoms with E-state index in [0.29, 0.717) is 24.4 Å². The summed E-state index contributed by atoms with van der Waals surface area (Å²) in [5.74, 6) is -0.863. The molecule has 0 fully saturated rings. The highest BCUT2D eigenvalue weighted by atomic mass is 19.1. The van der Waals surface area contributed by atoms with Gasteiger partial charge in [0.05, 0.1) is 13.2 Å². The zero-order valence-electron chi connectivity index (χ0n) is 12.2. The molecule has 2 aromatic heterocycles. The van der Waals surface area contributed by atoms with Crippen molar-refractivity contribution in [1.82, 2.24) is 15.2 Å². The Hall–Kier alpha value is -2.67. The number of hydrogen-bond acceptors (Lipinski definition) is 4. The lowest BCUT2D eigenvalue weighted by molar-refractivity contribution is 0.0455. The maximum Gasteiger partial charge on any atom is 0.355 e. The summed E-state index contributed by atoms with van der Waals surface area (Å²) < 4.78 is 23.9. The van der Waals surface area contributed by atoms with Crippen LogP contribution in [0.2, 0.25) is 0 Å². The minimum Gasteiger partial charge on any atom is -0.454 e. The van der Waals surface area contributed by atoms with Gasteiger partial charge in [-0.15, -0.1) is 0 Å². The number of halogens is 1. The molecule has 0 aliphatic carbocycles. The van der Waals surface area contributed by atoms with Crippen LogP contribution in [0.3, 0.4) is 0 Å². The predicted octanol–water partition coefficient (Wildman–Crippen LogP) is 2.46. The van der Waals surface area contributed by atoms with Crippen molar-refractivity contribution in [2.45, 2.75) is 19.6 Å². The third-order valence-electron chi connectivity index (χ3n) is 3.93. The van der Waals surface area contributed by atoms with Crippen LogP contribution in [0.15, 0.2) is 24.3 Å². The summed E-state index contributed by atoms with van der Waals surface area (Å²) in [4.78, 5) is 15.0. The van der Waals surface area contributed by atoms with E-state index < -0.39 is 5.97 Å². The molecular formula is C16H14FN3O3. The Bertz CT molecular complexity index is 884. The van der Waals surface area contributed by atoms with Crippen LogP contribution in [-0.4, -0.2) is 27.8 Å². The van der Waals surface area contributed by atoms with Gasteiger partial charge in [0, 0.05) is 28.6 Å². The van der Waals surface area contributed by atoms with E-state index in [-0.39, 0.29) is 18.1 Å². The second-order valence-corrected chi connectivity index (χ2v) is 5.42. The minimum absolute atomic E-state index is 0.0672. The number of nitrogens with zero attached hydrogens (tertiary/aromatic N) is 1. The summed E-state index contributed by atoms with van der Waals surface area (Å²) in [6.45, 7) is 1.21. The van der Waals surface area contributed by atoms with E-state index in [9.17, 15) is 9.18 Å². The number of aromatic amines is 2. The Morgan fingerprint density at radius 3 is 3.22 bits per heavy atom. The number of carbonyl (C=O) groups is 1. The summed E-state index contributed by atoms with van der Waals surface area (Å²) in [6, 6.07) is 5.94. The monoisotopic (exact) mass is 315 g/mol. The fraction of sp³-hybridized carbons (Fsp3) is 0.250. The van der Waals surface area contributed by atoms with Gasteiger partial charge in [0.15, 0.2) is 0 Å². The molecule has 1 aromatic carbocycles. The number of hydrogen-bond donors (Lipinski definition) is 2. The van der Waals surface area contributed by atoms with E-state index in [1.807, 2.05) is 0 Å². The van der Waals surface area contributed by atoms with Gasteiger partial charge in [0.25, 0.3) is 0 Å². The van der Waals surface area contributed by atoms with Gasteiger partial charge < -0.3 is 14.5 Å². The second kappa shape index (κ2) is 5.51. The van der Waals surface area contributed by atoms with Crippen molar-refractivity contribution in [1.29, 1.82) is 0 Å². The molecular weight excluding hydrogens is 301 g/mol. The molecule has 0 amide bonds. The van der Waals surface area contributed by atoms with Gasteiger partial charge in [0.1, 0.15) is 23.8 Å². The molecule has 7 heteroatoms. The minimum atomic E-state index is -0.505. The summed E-state index contributed by atoms with van der Waals surface area (Å²) >= 11 is 0. The Morgan fingerprint density at radius 2 is 2.30 bits per heavy atom. The van der Waals surface area contributed by atoms with Gasteiger partial charge in [-0.1, -0.05) is 0 Å². The molecule has 3 heterocycles. The zero-order valence-corrected chi connectivity index (χ0v) is 12.2.